The number of aromatic nitrogens is 2. The van der Waals surface area contributed by atoms with Gasteiger partial charge in [-0.05, 0) is 23.3 Å². The highest BCUT2D eigenvalue weighted by Crippen LogP contribution is 2.24. The SMILES string of the molecule is O=C(Nc1cc(-c2ccc(C3CNCCO3)cc2)[nH]n1)c1ccccc1F. The van der Waals surface area contributed by atoms with Crippen molar-refractivity contribution in [2.45, 2.75) is 6.10 Å². The molecule has 0 spiro atoms. The molecule has 2 heterocycles. The molecule has 2 aromatic carbocycles. The summed E-state index contributed by atoms with van der Waals surface area (Å²) < 4.78 is 19.4. The zero-order chi connectivity index (χ0) is 18.6. The van der Waals surface area contributed by atoms with Crippen LogP contribution >= 0.6 is 0 Å². The molecule has 138 valence electrons. The predicted molar refractivity (Wildman–Crippen MR) is 99.9 cm³/mol. The van der Waals surface area contributed by atoms with Crippen LogP contribution in [-0.4, -0.2) is 35.8 Å². The van der Waals surface area contributed by atoms with E-state index in [1.807, 2.05) is 24.3 Å². The number of amides is 1. The smallest absolute Gasteiger partial charge is 0.259 e. The van der Waals surface area contributed by atoms with Gasteiger partial charge in [-0.3, -0.25) is 9.89 Å². The maximum absolute atomic E-state index is 13.7. The molecule has 1 amide bonds. The maximum Gasteiger partial charge on any atom is 0.259 e. The molecule has 1 aliphatic heterocycles. The van der Waals surface area contributed by atoms with Gasteiger partial charge >= 0.3 is 0 Å². The first-order valence-corrected chi connectivity index (χ1v) is 8.74. The molecular weight excluding hydrogens is 347 g/mol. The van der Waals surface area contributed by atoms with Gasteiger partial charge in [-0.1, -0.05) is 36.4 Å². The number of morpholine rings is 1. The standard InChI is InChI=1S/C20H19FN4O2/c21-16-4-2-1-3-15(16)20(26)23-19-11-17(24-25-19)13-5-7-14(8-6-13)18-12-22-9-10-27-18/h1-8,11,18,22H,9-10,12H2,(H2,23,24,25,26). The Bertz CT molecular complexity index is 933. The molecule has 6 nitrogen and oxygen atoms in total. The molecule has 4 rings (SSSR count). The first-order valence-electron chi connectivity index (χ1n) is 8.74. The van der Waals surface area contributed by atoms with E-state index < -0.39 is 11.7 Å². The van der Waals surface area contributed by atoms with Crippen molar-refractivity contribution in [3.63, 3.8) is 0 Å². The highest BCUT2D eigenvalue weighted by atomic mass is 19.1. The second kappa shape index (κ2) is 7.69. The van der Waals surface area contributed by atoms with E-state index in [2.05, 4.69) is 20.8 Å². The van der Waals surface area contributed by atoms with Crippen LogP contribution in [0.25, 0.3) is 11.3 Å². The first kappa shape index (κ1) is 17.4. The largest absolute Gasteiger partial charge is 0.371 e. The Morgan fingerprint density at radius 1 is 1.19 bits per heavy atom. The molecule has 0 saturated carbocycles. The molecule has 3 N–H and O–H groups in total. The third-order valence-corrected chi connectivity index (χ3v) is 4.46. The van der Waals surface area contributed by atoms with Crippen molar-refractivity contribution < 1.29 is 13.9 Å². The number of ether oxygens (including phenoxy) is 1. The van der Waals surface area contributed by atoms with Gasteiger partial charge in [0.25, 0.3) is 5.91 Å². The van der Waals surface area contributed by atoms with Crippen LogP contribution in [0.4, 0.5) is 10.2 Å². The van der Waals surface area contributed by atoms with Crippen molar-refractivity contribution in [2.75, 3.05) is 25.0 Å². The minimum absolute atomic E-state index is 0.0208. The van der Waals surface area contributed by atoms with Crippen molar-refractivity contribution in [3.8, 4) is 11.3 Å². The number of anilines is 1. The molecule has 27 heavy (non-hydrogen) atoms. The maximum atomic E-state index is 13.7. The second-order valence-electron chi connectivity index (χ2n) is 6.29. The minimum Gasteiger partial charge on any atom is -0.371 e. The fourth-order valence-corrected chi connectivity index (χ4v) is 3.02. The van der Waals surface area contributed by atoms with Crippen molar-refractivity contribution in [2.24, 2.45) is 0 Å². The Morgan fingerprint density at radius 2 is 2.00 bits per heavy atom. The molecular formula is C20H19FN4O2. The van der Waals surface area contributed by atoms with Crippen LogP contribution < -0.4 is 10.6 Å². The van der Waals surface area contributed by atoms with Crippen LogP contribution in [0.15, 0.2) is 54.6 Å². The van der Waals surface area contributed by atoms with E-state index in [1.54, 1.807) is 12.1 Å². The monoisotopic (exact) mass is 366 g/mol. The van der Waals surface area contributed by atoms with Gasteiger partial charge in [-0.15, -0.1) is 0 Å². The number of hydrogen-bond donors (Lipinski definition) is 3. The number of nitrogens with one attached hydrogen (secondary N) is 3. The van der Waals surface area contributed by atoms with Crippen LogP contribution in [-0.2, 0) is 4.74 Å². The minimum atomic E-state index is -0.569. The quantitative estimate of drug-likeness (QED) is 0.663. The lowest BCUT2D eigenvalue weighted by Crippen LogP contribution is -2.33. The molecule has 1 fully saturated rings. The summed E-state index contributed by atoms with van der Waals surface area (Å²) in [5.74, 6) is -0.772. The fourth-order valence-electron chi connectivity index (χ4n) is 3.02. The fraction of sp³-hybridized carbons (Fsp3) is 0.200. The van der Waals surface area contributed by atoms with Crippen molar-refractivity contribution >= 4 is 11.7 Å². The molecule has 7 heteroatoms. The summed E-state index contributed by atoms with van der Waals surface area (Å²) in [5, 5.41) is 12.9. The van der Waals surface area contributed by atoms with Crippen molar-refractivity contribution in [3.05, 3.63) is 71.5 Å². The molecule has 1 saturated heterocycles. The number of carbonyl (C=O) groups excluding carboxylic acids is 1. The van der Waals surface area contributed by atoms with Crippen molar-refractivity contribution in [1.29, 1.82) is 0 Å². The first-order chi connectivity index (χ1) is 13.2. The number of hydrogen-bond acceptors (Lipinski definition) is 4. The lowest BCUT2D eigenvalue weighted by molar-refractivity contribution is 0.0277. The van der Waals surface area contributed by atoms with Gasteiger partial charge in [0.1, 0.15) is 5.82 Å². The average molecular weight is 366 g/mol. The lowest BCUT2D eigenvalue weighted by Gasteiger charge is -2.24. The van der Waals surface area contributed by atoms with Gasteiger partial charge in [-0.25, -0.2) is 4.39 Å². The average Bonchev–Trinajstić information content (AvgIpc) is 3.17. The zero-order valence-electron chi connectivity index (χ0n) is 14.5. The van der Waals surface area contributed by atoms with Gasteiger partial charge in [0.15, 0.2) is 5.82 Å². The molecule has 0 bridgehead atoms. The highest BCUT2D eigenvalue weighted by molar-refractivity contribution is 6.04. The Hall–Kier alpha value is -3.03. The normalized spacial score (nSPS) is 16.9. The zero-order valence-corrected chi connectivity index (χ0v) is 14.5. The van der Waals surface area contributed by atoms with E-state index in [0.29, 0.717) is 12.4 Å². The Morgan fingerprint density at radius 3 is 2.74 bits per heavy atom. The number of nitrogens with zero attached hydrogens (tertiary/aromatic N) is 1. The second-order valence-corrected chi connectivity index (χ2v) is 6.29. The molecule has 1 unspecified atom stereocenters. The van der Waals surface area contributed by atoms with E-state index in [0.717, 1.165) is 29.9 Å². The van der Waals surface area contributed by atoms with Gasteiger partial charge in [0.2, 0.25) is 0 Å². The molecule has 0 aliphatic carbocycles. The van der Waals surface area contributed by atoms with Crippen LogP contribution in [0, 0.1) is 5.82 Å². The third-order valence-electron chi connectivity index (χ3n) is 4.46. The Balaban J connectivity index is 1.46. The van der Waals surface area contributed by atoms with Gasteiger partial charge in [0, 0.05) is 19.2 Å². The number of halogens is 1. The predicted octanol–water partition coefficient (Wildman–Crippen LogP) is 3.13. The van der Waals surface area contributed by atoms with Crippen LogP contribution in [0.1, 0.15) is 22.0 Å². The van der Waals surface area contributed by atoms with E-state index in [-0.39, 0.29) is 11.7 Å². The number of benzene rings is 2. The topological polar surface area (TPSA) is 79.0 Å². The third kappa shape index (κ3) is 3.89. The lowest BCUT2D eigenvalue weighted by atomic mass is 10.0. The number of rotatable bonds is 4. The summed E-state index contributed by atoms with van der Waals surface area (Å²) in [5.41, 5.74) is 2.78. The summed E-state index contributed by atoms with van der Waals surface area (Å²) in [6.45, 7) is 2.39. The van der Waals surface area contributed by atoms with E-state index >= 15 is 0 Å². The van der Waals surface area contributed by atoms with Crippen LogP contribution in [0.3, 0.4) is 0 Å². The highest BCUT2D eigenvalue weighted by Gasteiger charge is 2.16. The molecule has 1 aromatic heterocycles. The van der Waals surface area contributed by atoms with Gasteiger partial charge < -0.3 is 15.4 Å². The van der Waals surface area contributed by atoms with Crippen molar-refractivity contribution in [1.82, 2.24) is 15.5 Å². The summed E-state index contributed by atoms with van der Waals surface area (Å²) >= 11 is 0. The molecule has 1 atom stereocenters. The Labute approximate surface area is 155 Å². The van der Waals surface area contributed by atoms with E-state index in [1.165, 1.54) is 18.2 Å². The van der Waals surface area contributed by atoms with Gasteiger partial charge in [0.05, 0.1) is 24.0 Å². The van der Waals surface area contributed by atoms with Gasteiger partial charge in [-0.2, -0.15) is 5.10 Å². The van der Waals surface area contributed by atoms with Crippen LogP contribution in [0.5, 0.6) is 0 Å². The molecule has 3 aromatic rings. The molecule has 0 radical (unpaired) electrons. The summed E-state index contributed by atoms with van der Waals surface area (Å²) in [4.78, 5) is 12.2. The number of H-pyrrole nitrogens is 1. The number of aromatic amines is 1. The number of carbonyl (C=O) groups is 1. The summed E-state index contributed by atoms with van der Waals surface area (Å²) in [6.07, 6.45) is 0.0604. The van der Waals surface area contributed by atoms with E-state index in [9.17, 15) is 9.18 Å². The summed E-state index contributed by atoms with van der Waals surface area (Å²) in [7, 11) is 0. The Kier molecular flexibility index (Phi) is 4.95. The van der Waals surface area contributed by atoms with Crippen LogP contribution in [0.2, 0.25) is 0 Å². The van der Waals surface area contributed by atoms with E-state index in [4.69, 9.17) is 4.74 Å². The summed E-state index contributed by atoms with van der Waals surface area (Å²) in [6, 6.07) is 15.5. The molecule has 1 aliphatic rings.